The molecule has 0 aliphatic carbocycles. The molecule has 0 saturated heterocycles. The fraction of sp³-hybridized carbons (Fsp3) is 0.304. The Bertz CT molecular complexity index is 867. The van der Waals surface area contributed by atoms with Crippen LogP contribution in [0.4, 0.5) is 0 Å². The standard InChI is InChI=1S/C23H28N4O6/c1-16-6-10-18(11-7-16)32-14-22(30)26-24-20(28)4-3-5-21(29)25-27-23(31)15-33-19-12-8-17(2)9-13-19/h6-13H,3-5,14-15H2,1-2H3,(H,24,28)(H,25,29)(H,26,30)(H,27,31). The molecule has 0 unspecified atom stereocenters. The van der Waals surface area contributed by atoms with E-state index in [4.69, 9.17) is 9.47 Å². The van der Waals surface area contributed by atoms with Gasteiger partial charge < -0.3 is 9.47 Å². The number of hydrogen-bond donors (Lipinski definition) is 4. The van der Waals surface area contributed by atoms with Gasteiger partial charge in [-0.3, -0.25) is 40.9 Å². The lowest BCUT2D eigenvalue weighted by atomic mass is 10.2. The van der Waals surface area contributed by atoms with Gasteiger partial charge in [-0.2, -0.15) is 0 Å². The zero-order chi connectivity index (χ0) is 24.1. The molecule has 33 heavy (non-hydrogen) atoms. The maximum absolute atomic E-state index is 11.8. The van der Waals surface area contributed by atoms with E-state index in [2.05, 4.69) is 21.7 Å². The lowest BCUT2D eigenvalue weighted by Gasteiger charge is -2.10. The summed E-state index contributed by atoms with van der Waals surface area (Å²) in [6.45, 7) is 3.38. The van der Waals surface area contributed by atoms with Crippen molar-refractivity contribution in [1.29, 1.82) is 0 Å². The molecule has 0 spiro atoms. The molecule has 0 aliphatic rings. The third kappa shape index (κ3) is 10.7. The van der Waals surface area contributed by atoms with Gasteiger partial charge in [0.15, 0.2) is 13.2 Å². The van der Waals surface area contributed by atoms with Crippen molar-refractivity contribution in [2.24, 2.45) is 0 Å². The minimum absolute atomic E-state index is 0.0109. The summed E-state index contributed by atoms with van der Waals surface area (Å²) in [6, 6.07) is 14.4. The van der Waals surface area contributed by atoms with Crippen molar-refractivity contribution < 1.29 is 28.7 Å². The van der Waals surface area contributed by atoms with Gasteiger partial charge in [0.25, 0.3) is 11.8 Å². The number of amides is 4. The van der Waals surface area contributed by atoms with E-state index in [1.54, 1.807) is 24.3 Å². The molecule has 2 rings (SSSR count). The zero-order valence-electron chi connectivity index (χ0n) is 18.6. The number of rotatable bonds is 10. The van der Waals surface area contributed by atoms with Gasteiger partial charge in [0.05, 0.1) is 0 Å². The molecule has 0 bridgehead atoms. The second-order valence-corrected chi connectivity index (χ2v) is 7.25. The number of carbonyl (C=O) groups is 4. The predicted octanol–water partition coefficient (Wildman–Crippen LogP) is 1.23. The summed E-state index contributed by atoms with van der Waals surface area (Å²) in [6.07, 6.45) is 0.247. The fourth-order valence-electron chi connectivity index (χ4n) is 2.45. The summed E-state index contributed by atoms with van der Waals surface area (Å²) in [5, 5.41) is 0. The van der Waals surface area contributed by atoms with Crippen LogP contribution in [-0.2, 0) is 19.2 Å². The molecule has 4 amide bonds. The number of aryl methyl sites for hydroxylation is 2. The van der Waals surface area contributed by atoms with Crippen molar-refractivity contribution in [1.82, 2.24) is 21.7 Å². The smallest absolute Gasteiger partial charge is 0.276 e. The molecule has 4 N–H and O–H groups in total. The van der Waals surface area contributed by atoms with Crippen LogP contribution in [0.1, 0.15) is 30.4 Å². The van der Waals surface area contributed by atoms with Crippen molar-refractivity contribution >= 4 is 23.6 Å². The molecular formula is C23H28N4O6. The van der Waals surface area contributed by atoms with E-state index in [0.717, 1.165) is 11.1 Å². The highest BCUT2D eigenvalue weighted by molar-refractivity contribution is 5.84. The highest BCUT2D eigenvalue weighted by atomic mass is 16.5. The number of benzene rings is 2. The van der Waals surface area contributed by atoms with Crippen LogP contribution in [-0.4, -0.2) is 36.8 Å². The molecule has 0 atom stereocenters. The van der Waals surface area contributed by atoms with E-state index in [1.807, 2.05) is 38.1 Å². The number of hydrazine groups is 2. The third-order valence-corrected chi connectivity index (χ3v) is 4.27. The lowest BCUT2D eigenvalue weighted by Crippen LogP contribution is -2.44. The Morgan fingerprint density at radius 2 is 0.909 bits per heavy atom. The Balaban J connectivity index is 1.51. The summed E-state index contributed by atoms with van der Waals surface area (Å²) in [5.74, 6) is -0.859. The predicted molar refractivity (Wildman–Crippen MR) is 120 cm³/mol. The van der Waals surface area contributed by atoms with Crippen molar-refractivity contribution in [2.45, 2.75) is 33.1 Å². The highest BCUT2D eigenvalue weighted by Gasteiger charge is 2.09. The SMILES string of the molecule is Cc1ccc(OCC(=O)NNC(=O)CCCC(=O)NNC(=O)COc2ccc(C)cc2)cc1. The van der Waals surface area contributed by atoms with Crippen molar-refractivity contribution in [3.63, 3.8) is 0 Å². The topological polar surface area (TPSA) is 135 Å². The Hall–Kier alpha value is -4.08. The van der Waals surface area contributed by atoms with Gasteiger partial charge in [-0.1, -0.05) is 35.4 Å². The summed E-state index contributed by atoms with van der Waals surface area (Å²) in [5.41, 5.74) is 11.1. The first-order chi connectivity index (χ1) is 15.8. The van der Waals surface area contributed by atoms with Crippen LogP contribution >= 0.6 is 0 Å². The van der Waals surface area contributed by atoms with Crippen LogP contribution in [0.15, 0.2) is 48.5 Å². The normalized spacial score (nSPS) is 10.0. The molecule has 10 heteroatoms. The lowest BCUT2D eigenvalue weighted by molar-refractivity contribution is -0.131. The molecule has 0 aliphatic heterocycles. The Kier molecular flexibility index (Phi) is 10.2. The molecule has 176 valence electrons. The highest BCUT2D eigenvalue weighted by Crippen LogP contribution is 2.11. The van der Waals surface area contributed by atoms with Gasteiger partial charge in [-0.05, 0) is 44.5 Å². The first-order valence-electron chi connectivity index (χ1n) is 10.4. The second kappa shape index (κ2) is 13.4. The summed E-state index contributed by atoms with van der Waals surface area (Å²) >= 11 is 0. The van der Waals surface area contributed by atoms with Crippen LogP contribution < -0.4 is 31.2 Å². The molecule has 2 aromatic rings. The van der Waals surface area contributed by atoms with E-state index in [9.17, 15) is 19.2 Å². The van der Waals surface area contributed by atoms with Crippen LogP contribution in [0.25, 0.3) is 0 Å². The molecule has 2 aromatic carbocycles. The maximum Gasteiger partial charge on any atom is 0.276 e. The van der Waals surface area contributed by atoms with Gasteiger partial charge in [-0.25, -0.2) is 0 Å². The molecule has 0 heterocycles. The molecule has 0 saturated carbocycles. The first kappa shape index (κ1) is 25.2. The van der Waals surface area contributed by atoms with Crippen LogP contribution in [0.3, 0.4) is 0 Å². The average molecular weight is 456 g/mol. The van der Waals surface area contributed by atoms with E-state index < -0.39 is 23.6 Å². The molecule has 0 aromatic heterocycles. The first-order valence-corrected chi connectivity index (χ1v) is 10.4. The number of hydrogen-bond acceptors (Lipinski definition) is 6. The van der Waals surface area contributed by atoms with Gasteiger partial charge in [0.1, 0.15) is 11.5 Å². The third-order valence-electron chi connectivity index (χ3n) is 4.27. The van der Waals surface area contributed by atoms with E-state index in [0.29, 0.717) is 11.5 Å². The molecule has 10 nitrogen and oxygen atoms in total. The minimum Gasteiger partial charge on any atom is -0.484 e. The molecule has 0 radical (unpaired) electrons. The van der Waals surface area contributed by atoms with E-state index >= 15 is 0 Å². The van der Waals surface area contributed by atoms with Crippen LogP contribution in [0.2, 0.25) is 0 Å². The van der Waals surface area contributed by atoms with Crippen LogP contribution in [0, 0.1) is 13.8 Å². The Morgan fingerprint density at radius 1 is 0.576 bits per heavy atom. The summed E-state index contributed by atoms with van der Waals surface area (Å²) < 4.78 is 10.6. The number of carbonyl (C=O) groups excluding carboxylic acids is 4. The second-order valence-electron chi connectivity index (χ2n) is 7.25. The van der Waals surface area contributed by atoms with Crippen molar-refractivity contribution in [3.8, 4) is 11.5 Å². The van der Waals surface area contributed by atoms with Gasteiger partial charge in [0, 0.05) is 12.8 Å². The average Bonchev–Trinajstić information content (AvgIpc) is 2.80. The van der Waals surface area contributed by atoms with E-state index in [1.165, 1.54) is 0 Å². The zero-order valence-corrected chi connectivity index (χ0v) is 18.6. The van der Waals surface area contributed by atoms with Crippen molar-refractivity contribution in [2.75, 3.05) is 13.2 Å². The number of ether oxygens (including phenoxy) is 2. The quantitative estimate of drug-likeness (QED) is 0.397. The van der Waals surface area contributed by atoms with E-state index in [-0.39, 0.29) is 32.5 Å². The molecular weight excluding hydrogens is 428 g/mol. The van der Waals surface area contributed by atoms with Crippen LogP contribution in [0.5, 0.6) is 11.5 Å². The fourth-order valence-corrected chi connectivity index (χ4v) is 2.45. The van der Waals surface area contributed by atoms with Gasteiger partial charge in [-0.15, -0.1) is 0 Å². The largest absolute Gasteiger partial charge is 0.484 e. The Morgan fingerprint density at radius 3 is 1.27 bits per heavy atom. The maximum atomic E-state index is 11.8. The minimum atomic E-state index is -0.516. The summed E-state index contributed by atoms with van der Waals surface area (Å²) in [7, 11) is 0. The monoisotopic (exact) mass is 456 g/mol. The van der Waals surface area contributed by atoms with Gasteiger partial charge >= 0.3 is 0 Å². The number of nitrogens with one attached hydrogen (secondary N) is 4. The molecule has 0 fully saturated rings. The summed E-state index contributed by atoms with van der Waals surface area (Å²) in [4.78, 5) is 47.0. The Labute approximate surface area is 192 Å². The van der Waals surface area contributed by atoms with Crippen molar-refractivity contribution in [3.05, 3.63) is 59.7 Å². The van der Waals surface area contributed by atoms with Gasteiger partial charge in [0.2, 0.25) is 11.8 Å².